The Hall–Kier alpha value is -1.94. The second-order valence-corrected chi connectivity index (χ2v) is 7.98. The van der Waals surface area contributed by atoms with E-state index in [2.05, 4.69) is 9.82 Å². The van der Waals surface area contributed by atoms with E-state index in [-0.39, 0.29) is 10.7 Å². The zero-order chi connectivity index (χ0) is 15.8. The summed E-state index contributed by atoms with van der Waals surface area (Å²) in [4.78, 5) is -1.03. The number of aromatic nitrogens is 2. The van der Waals surface area contributed by atoms with E-state index >= 15 is 0 Å². The van der Waals surface area contributed by atoms with Crippen molar-refractivity contribution in [2.45, 2.75) is 9.79 Å². The van der Waals surface area contributed by atoms with Crippen LogP contribution < -0.4 is 4.72 Å². The van der Waals surface area contributed by atoms with Crippen molar-refractivity contribution in [1.82, 2.24) is 9.78 Å². The number of rotatable bonds is 4. The SMILES string of the molecule is Cn1nccc1NS(=O)(=O)c1cc(S(C)(=O)=O)ccc1F. The number of hydrogen-bond acceptors (Lipinski definition) is 5. The molecule has 1 N–H and O–H groups in total. The lowest BCUT2D eigenvalue weighted by Gasteiger charge is -2.10. The van der Waals surface area contributed by atoms with Crippen molar-refractivity contribution in [2.24, 2.45) is 7.05 Å². The Morgan fingerprint density at radius 3 is 2.38 bits per heavy atom. The van der Waals surface area contributed by atoms with Crippen molar-refractivity contribution in [1.29, 1.82) is 0 Å². The maximum absolute atomic E-state index is 13.7. The van der Waals surface area contributed by atoms with E-state index in [1.165, 1.54) is 24.0 Å². The summed E-state index contributed by atoms with van der Waals surface area (Å²) in [6, 6.07) is 3.97. The fourth-order valence-electron chi connectivity index (χ4n) is 1.59. The minimum Gasteiger partial charge on any atom is -0.263 e. The van der Waals surface area contributed by atoms with Crippen LogP contribution in [0.3, 0.4) is 0 Å². The molecule has 21 heavy (non-hydrogen) atoms. The van der Waals surface area contributed by atoms with E-state index in [0.717, 1.165) is 24.5 Å². The summed E-state index contributed by atoms with van der Waals surface area (Å²) in [6.07, 6.45) is 2.27. The van der Waals surface area contributed by atoms with Gasteiger partial charge in [0, 0.05) is 19.4 Å². The van der Waals surface area contributed by atoms with Crippen LogP contribution in [0.1, 0.15) is 0 Å². The van der Waals surface area contributed by atoms with Gasteiger partial charge in [0.25, 0.3) is 10.0 Å². The van der Waals surface area contributed by atoms with Crippen LogP contribution in [0.5, 0.6) is 0 Å². The normalized spacial score (nSPS) is 12.3. The van der Waals surface area contributed by atoms with Gasteiger partial charge in [-0.05, 0) is 18.2 Å². The maximum Gasteiger partial charge on any atom is 0.266 e. The molecule has 2 rings (SSSR count). The molecule has 1 aromatic carbocycles. The summed E-state index contributed by atoms with van der Waals surface area (Å²) in [5, 5.41) is 3.77. The van der Waals surface area contributed by atoms with E-state index in [9.17, 15) is 21.2 Å². The van der Waals surface area contributed by atoms with E-state index in [1.807, 2.05) is 0 Å². The molecule has 114 valence electrons. The number of aryl methyl sites for hydroxylation is 1. The predicted octanol–water partition coefficient (Wildman–Crippen LogP) is 0.764. The van der Waals surface area contributed by atoms with Crippen molar-refractivity contribution in [2.75, 3.05) is 11.0 Å². The van der Waals surface area contributed by atoms with E-state index in [4.69, 9.17) is 0 Å². The third kappa shape index (κ3) is 3.22. The number of benzene rings is 1. The Morgan fingerprint density at radius 2 is 1.86 bits per heavy atom. The highest BCUT2D eigenvalue weighted by Crippen LogP contribution is 2.22. The predicted molar refractivity (Wildman–Crippen MR) is 73.5 cm³/mol. The number of nitrogens with zero attached hydrogens (tertiary/aromatic N) is 2. The average molecular weight is 333 g/mol. The molecule has 10 heteroatoms. The standard InChI is InChI=1S/C11H12FN3O4S2/c1-15-11(5-6-13-15)14-21(18,19)10-7-8(20(2,16)17)3-4-9(10)12/h3-7,14H,1-2H3. The molecule has 2 aromatic rings. The average Bonchev–Trinajstić information content (AvgIpc) is 2.73. The number of sulfone groups is 1. The molecule has 0 fully saturated rings. The Labute approximate surface area is 121 Å². The van der Waals surface area contributed by atoms with Gasteiger partial charge in [-0.15, -0.1) is 0 Å². The quantitative estimate of drug-likeness (QED) is 0.833. The molecule has 0 aliphatic carbocycles. The van der Waals surface area contributed by atoms with Gasteiger partial charge in [0.2, 0.25) is 0 Å². The molecule has 1 heterocycles. The molecule has 1 aromatic heterocycles. The summed E-state index contributed by atoms with van der Waals surface area (Å²) >= 11 is 0. The van der Waals surface area contributed by atoms with Gasteiger partial charge < -0.3 is 0 Å². The highest BCUT2D eigenvalue weighted by atomic mass is 32.2. The molecule has 0 unspecified atom stereocenters. The molecule has 0 atom stereocenters. The summed E-state index contributed by atoms with van der Waals surface area (Å²) < 4.78 is 64.3. The zero-order valence-electron chi connectivity index (χ0n) is 11.1. The monoisotopic (exact) mass is 333 g/mol. The van der Waals surface area contributed by atoms with Crippen molar-refractivity contribution >= 4 is 25.7 Å². The number of anilines is 1. The van der Waals surface area contributed by atoms with Gasteiger partial charge in [0.15, 0.2) is 9.84 Å². The zero-order valence-corrected chi connectivity index (χ0v) is 12.7. The van der Waals surface area contributed by atoms with Crippen LogP contribution in [0.25, 0.3) is 0 Å². The van der Waals surface area contributed by atoms with Gasteiger partial charge >= 0.3 is 0 Å². The van der Waals surface area contributed by atoms with Crippen LogP contribution in [0.2, 0.25) is 0 Å². The summed E-state index contributed by atoms with van der Waals surface area (Å²) in [7, 11) is -6.42. The Balaban J connectivity index is 2.52. The summed E-state index contributed by atoms with van der Waals surface area (Å²) in [5.41, 5.74) is 0. The second kappa shape index (κ2) is 5.11. The highest BCUT2D eigenvalue weighted by molar-refractivity contribution is 7.93. The van der Waals surface area contributed by atoms with E-state index < -0.39 is 30.6 Å². The molecular weight excluding hydrogens is 321 g/mol. The minimum atomic E-state index is -4.27. The first-order valence-electron chi connectivity index (χ1n) is 5.62. The number of halogens is 1. The van der Waals surface area contributed by atoms with Gasteiger partial charge in [-0.2, -0.15) is 5.10 Å². The smallest absolute Gasteiger partial charge is 0.263 e. The van der Waals surface area contributed by atoms with Crippen molar-refractivity contribution in [3.63, 3.8) is 0 Å². The van der Waals surface area contributed by atoms with Gasteiger partial charge in [-0.25, -0.2) is 21.2 Å². The third-order valence-electron chi connectivity index (χ3n) is 2.68. The van der Waals surface area contributed by atoms with Gasteiger partial charge in [-0.3, -0.25) is 9.40 Å². The van der Waals surface area contributed by atoms with Crippen molar-refractivity contribution in [3.8, 4) is 0 Å². The molecule has 0 bridgehead atoms. The Morgan fingerprint density at radius 1 is 1.19 bits per heavy atom. The number of nitrogens with one attached hydrogen (secondary N) is 1. The third-order valence-corrected chi connectivity index (χ3v) is 5.16. The highest BCUT2D eigenvalue weighted by Gasteiger charge is 2.23. The first-order valence-corrected chi connectivity index (χ1v) is 8.99. The molecule has 0 aliphatic rings. The molecule has 7 nitrogen and oxygen atoms in total. The summed E-state index contributed by atoms with van der Waals surface area (Å²) in [6.45, 7) is 0. The van der Waals surface area contributed by atoms with Crippen LogP contribution in [-0.2, 0) is 26.9 Å². The molecule has 0 spiro atoms. The van der Waals surface area contributed by atoms with E-state index in [1.54, 1.807) is 0 Å². The Kier molecular flexibility index (Phi) is 3.76. The lowest BCUT2D eigenvalue weighted by atomic mass is 10.3. The molecule has 0 amide bonds. The van der Waals surface area contributed by atoms with Crippen molar-refractivity contribution in [3.05, 3.63) is 36.3 Å². The summed E-state index contributed by atoms with van der Waals surface area (Å²) in [5.74, 6) is -0.920. The fraction of sp³-hybridized carbons (Fsp3) is 0.182. The van der Waals surface area contributed by atoms with Gasteiger partial charge in [-0.1, -0.05) is 0 Å². The van der Waals surface area contributed by atoms with Crippen LogP contribution in [0, 0.1) is 5.82 Å². The van der Waals surface area contributed by atoms with Crippen LogP contribution in [-0.4, -0.2) is 32.9 Å². The first-order chi connectivity index (χ1) is 9.61. The first kappa shape index (κ1) is 15.4. The van der Waals surface area contributed by atoms with E-state index in [0.29, 0.717) is 0 Å². The van der Waals surface area contributed by atoms with Gasteiger partial charge in [0.1, 0.15) is 16.5 Å². The molecule has 0 saturated carbocycles. The second-order valence-electron chi connectivity index (χ2n) is 4.31. The lowest BCUT2D eigenvalue weighted by Crippen LogP contribution is -2.17. The van der Waals surface area contributed by atoms with Crippen LogP contribution >= 0.6 is 0 Å². The van der Waals surface area contributed by atoms with Crippen LogP contribution in [0.4, 0.5) is 10.2 Å². The maximum atomic E-state index is 13.7. The topological polar surface area (TPSA) is 98.1 Å². The Bertz CT molecular complexity index is 888. The minimum absolute atomic E-state index is 0.124. The molecule has 0 aliphatic heterocycles. The fourth-order valence-corrected chi connectivity index (χ4v) is 3.50. The van der Waals surface area contributed by atoms with Crippen LogP contribution in [0.15, 0.2) is 40.3 Å². The molecule has 0 radical (unpaired) electrons. The number of sulfonamides is 1. The largest absolute Gasteiger partial charge is 0.266 e. The number of hydrogen-bond donors (Lipinski definition) is 1. The lowest BCUT2D eigenvalue weighted by molar-refractivity contribution is 0.567. The molecular formula is C11H12FN3O4S2. The van der Waals surface area contributed by atoms with Crippen molar-refractivity contribution < 1.29 is 21.2 Å². The molecule has 0 saturated heterocycles. The van der Waals surface area contributed by atoms with Gasteiger partial charge in [0.05, 0.1) is 11.1 Å².